The van der Waals surface area contributed by atoms with Crippen LogP contribution in [0.25, 0.3) is 296 Å². The quantitative estimate of drug-likeness (QED) is 0.146. The lowest BCUT2D eigenvalue weighted by atomic mass is 9.88. The summed E-state index contributed by atoms with van der Waals surface area (Å²) in [7, 11) is 0. The molecule has 0 spiro atoms. The highest BCUT2D eigenvalue weighted by atomic mass is 32.1. The van der Waals surface area contributed by atoms with E-state index in [4.69, 9.17) is 0 Å². The standard InChI is InChI=1S/C40H25N.2C34H20S.C34H22/c1-2-9-32(10-3-1)41-37-13-7-6-12-34(37)36-25-31(22-23-38(36)41)30-21-16-27-15-18-29-20-19-28-17-14-26-8-4-5-11-33(26)39(28)40(29)35(27)24-30;1-3-9-24-21(7-1)13-15-28-26(24)16-17-29-30(19-22-8-2-4-10-25(22)34(28)29)23-14-18-33-31(20-23)27-11-5-6-12-32(27)35-33;1-3-9-25-21(7-1)13-14-22-15-17-28-29(19-23-8-2-4-10-26(23)34(28)33(22)25)24-16-18-32-30(20-24)27-11-5-6-12-31(27)35-32;1-2-9-23(10-3-1)26-12-8-13-27(21-26)32-22-28-20-19-25-18-17-24-11-4-5-14-29(24)33(25)34(28)31-16-7-6-15-30(31)32/h1-25H;2*1-20H;1-22H. The number of benzene rings is 29. The summed E-state index contributed by atoms with van der Waals surface area (Å²) in [6, 6.07) is 194. The van der Waals surface area contributed by atoms with E-state index < -0.39 is 0 Å². The van der Waals surface area contributed by atoms with Crippen LogP contribution in [0.3, 0.4) is 0 Å². The van der Waals surface area contributed by atoms with Crippen molar-refractivity contribution in [1.29, 1.82) is 0 Å². The van der Waals surface area contributed by atoms with Gasteiger partial charge in [-0.25, -0.2) is 0 Å². The van der Waals surface area contributed by atoms with E-state index in [1.165, 1.54) is 296 Å². The van der Waals surface area contributed by atoms with E-state index >= 15 is 0 Å². The molecule has 0 saturated carbocycles. The Bertz CT molecular complexity index is 11000. The number of hydrogen-bond acceptors (Lipinski definition) is 2. The van der Waals surface area contributed by atoms with Crippen LogP contribution in [0.4, 0.5) is 0 Å². The molecule has 0 fully saturated rings. The van der Waals surface area contributed by atoms with Crippen LogP contribution < -0.4 is 0 Å². The molecule has 3 heteroatoms. The van der Waals surface area contributed by atoms with Gasteiger partial charge in [-0.1, -0.05) is 431 Å². The maximum atomic E-state index is 2.40. The molecule has 0 radical (unpaired) electrons. The van der Waals surface area contributed by atoms with Crippen LogP contribution >= 0.6 is 22.7 Å². The largest absolute Gasteiger partial charge is 0.309 e. The van der Waals surface area contributed by atoms with Gasteiger partial charge in [-0.2, -0.15) is 0 Å². The van der Waals surface area contributed by atoms with E-state index in [1.807, 2.05) is 22.7 Å². The molecule has 672 valence electrons. The van der Waals surface area contributed by atoms with E-state index in [9.17, 15) is 0 Å². The van der Waals surface area contributed by atoms with Crippen LogP contribution in [0.5, 0.6) is 0 Å². The fraction of sp³-hybridized carbons (Fsp3) is 0. The van der Waals surface area contributed by atoms with Crippen LogP contribution in [0.2, 0.25) is 0 Å². The second kappa shape index (κ2) is 34.3. The summed E-state index contributed by atoms with van der Waals surface area (Å²) in [4.78, 5) is 0. The van der Waals surface area contributed by atoms with E-state index in [-0.39, 0.29) is 0 Å². The van der Waals surface area contributed by atoms with E-state index in [0.717, 1.165) is 0 Å². The van der Waals surface area contributed by atoms with Crippen molar-refractivity contribution in [1.82, 2.24) is 4.57 Å². The Kier molecular flexibility index (Phi) is 19.8. The van der Waals surface area contributed by atoms with Gasteiger partial charge in [-0.05, 0) is 325 Å². The lowest BCUT2D eigenvalue weighted by Crippen LogP contribution is -1.92. The number of aromatic nitrogens is 1. The molecule has 0 bridgehead atoms. The average molecular weight is 1870 g/mol. The van der Waals surface area contributed by atoms with Crippen molar-refractivity contribution in [3.05, 3.63) is 528 Å². The molecule has 145 heavy (non-hydrogen) atoms. The fourth-order valence-electron chi connectivity index (χ4n) is 23.9. The van der Waals surface area contributed by atoms with Gasteiger partial charge in [0.15, 0.2) is 0 Å². The topological polar surface area (TPSA) is 4.93 Å². The van der Waals surface area contributed by atoms with Gasteiger partial charge in [0.05, 0.1) is 11.0 Å². The lowest BCUT2D eigenvalue weighted by molar-refractivity contribution is 1.18. The summed E-state index contributed by atoms with van der Waals surface area (Å²) < 4.78 is 7.76. The Morgan fingerprint density at radius 3 is 1.00 bits per heavy atom. The monoisotopic (exact) mass is 1870 g/mol. The Morgan fingerprint density at radius 2 is 0.421 bits per heavy atom. The molecule has 0 aliphatic rings. The Hall–Kier alpha value is -18.2. The van der Waals surface area contributed by atoms with Gasteiger partial charge in [-0.3, -0.25) is 0 Å². The second-order valence-corrected chi connectivity index (χ2v) is 40.8. The second-order valence-electron chi connectivity index (χ2n) is 38.6. The van der Waals surface area contributed by atoms with Crippen molar-refractivity contribution in [3.63, 3.8) is 0 Å². The molecule has 29 aromatic carbocycles. The molecule has 3 heterocycles. The number of para-hydroxylation sites is 2. The summed E-state index contributed by atoms with van der Waals surface area (Å²) in [5, 5.41) is 49.7. The van der Waals surface area contributed by atoms with Gasteiger partial charge in [0.25, 0.3) is 0 Å². The molecule has 0 unspecified atom stereocenters. The maximum absolute atomic E-state index is 2.40. The summed E-state index contributed by atoms with van der Waals surface area (Å²) in [6.07, 6.45) is 0. The third-order valence-corrected chi connectivity index (χ3v) is 32.9. The highest BCUT2D eigenvalue weighted by Gasteiger charge is 2.23. The van der Waals surface area contributed by atoms with Crippen molar-refractivity contribution in [3.8, 4) is 61.3 Å². The van der Waals surface area contributed by atoms with Crippen LogP contribution in [0.15, 0.2) is 528 Å². The predicted molar refractivity (Wildman–Crippen MR) is 633 cm³/mol. The normalized spacial score (nSPS) is 11.9. The zero-order chi connectivity index (χ0) is 95.3. The number of hydrogen-bond donors (Lipinski definition) is 0. The van der Waals surface area contributed by atoms with Crippen molar-refractivity contribution in [2.75, 3.05) is 0 Å². The Morgan fingerprint density at radius 1 is 0.117 bits per heavy atom. The molecule has 0 N–H and O–H groups in total. The van der Waals surface area contributed by atoms with Gasteiger partial charge in [-0.15, -0.1) is 22.7 Å². The maximum Gasteiger partial charge on any atom is 0.0541 e. The highest BCUT2D eigenvalue weighted by Crippen LogP contribution is 2.50. The first-order valence-electron chi connectivity index (χ1n) is 50.0. The Balaban J connectivity index is 0.0000000920. The molecule has 1 nitrogen and oxygen atoms in total. The SMILES string of the molecule is c1ccc(-c2cccc(-c3cc4ccc5ccc6ccccc6c5c4c4ccccc34)c2)cc1.c1ccc(-n2c3ccccc3c3cc(-c4ccc5ccc6ccc7ccc8ccccc8c7c6c5c4)ccc32)cc1.c1ccc2c(c1)ccc1c2ccc2c(-c3ccc4sc5ccccc5c4c3)cc3ccccc3c21.c1ccc2c(c1)ccc1ccc3c(-c4ccc5sc6ccccc6c5c4)cc4ccccc4c3c12. The first kappa shape index (κ1) is 83.7. The lowest BCUT2D eigenvalue weighted by Gasteiger charge is -2.15. The van der Waals surface area contributed by atoms with Crippen LogP contribution in [0, 0.1) is 0 Å². The number of thiophene rings is 2. The van der Waals surface area contributed by atoms with Gasteiger partial charge < -0.3 is 4.57 Å². The predicted octanol–water partition coefficient (Wildman–Crippen LogP) is 41.4. The highest BCUT2D eigenvalue weighted by molar-refractivity contribution is 7.26. The van der Waals surface area contributed by atoms with Crippen molar-refractivity contribution in [2.24, 2.45) is 0 Å². The van der Waals surface area contributed by atoms with Crippen LogP contribution in [-0.4, -0.2) is 4.57 Å². The molecule has 0 aliphatic carbocycles. The average Bonchev–Trinajstić information content (AvgIpc) is 1.55. The van der Waals surface area contributed by atoms with Crippen LogP contribution in [0.1, 0.15) is 0 Å². The minimum absolute atomic E-state index is 1.18. The summed E-state index contributed by atoms with van der Waals surface area (Å²) in [5.41, 5.74) is 16.3. The molecule has 0 aliphatic heterocycles. The van der Waals surface area contributed by atoms with E-state index in [2.05, 4.69) is 532 Å². The molecular weight excluding hydrogens is 1780 g/mol. The van der Waals surface area contributed by atoms with Crippen molar-refractivity contribution in [2.45, 2.75) is 0 Å². The minimum Gasteiger partial charge on any atom is -0.309 e. The van der Waals surface area contributed by atoms with Crippen LogP contribution in [-0.2, 0) is 0 Å². The first-order valence-corrected chi connectivity index (χ1v) is 51.7. The number of fused-ring (bicyclic) bond motifs is 37. The fourth-order valence-corrected chi connectivity index (χ4v) is 26.1. The molecule has 32 rings (SSSR count). The molecule has 0 saturated heterocycles. The van der Waals surface area contributed by atoms with Crippen molar-refractivity contribution >= 4 is 257 Å². The minimum atomic E-state index is 1.18. The zero-order valence-corrected chi connectivity index (χ0v) is 80.6. The van der Waals surface area contributed by atoms with E-state index in [0.29, 0.717) is 0 Å². The number of nitrogens with zero attached hydrogens (tertiary/aromatic N) is 1. The van der Waals surface area contributed by atoms with Gasteiger partial charge in [0.2, 0.25) is 0 Å². The summed E-state index contributed by atoms with van der Waals surface area (Å²) >= 11 is 3.75. The van der Waals surface area contributed by atoms with E-state index in [1.54, 1.807) is 0 Å². The van der Waals surface area contributed by atoms with Crippen molar-refractivity contribution < 1.29 is 0 Å². The summed E-state index contributed by atoms with van der Waals surface area (Å²) in [6.45, 7) is 0. The third-order valence-electron chi connectivity index (χ3n) is 30.6. The zero-order valence-electron chi connectivity index (χ0n) is 79.0. The summed E-state index contributed by atoms with van der Waals surface area (Å²) in [5.74, 6) is 0. The third kappa shape index (κ3) is 14.0. The van der Waals surface area contributed by atoms with Gasteiger partial charge >= 0.3 is 0 Å². The molecule has 0 atom stereocenters. The number of rotatable bonds is 6. The molecule has 3 aromatic heterocycles. The van der Waals surface area contributed by atoms with Gasteiger partial charge in [0, 0.05) is 56.8 Å². The Labute approximate surface area is 844 Å². The smallest absolute Gasteiger partial charge is 0.0541 e. The molecule has 32 aromatic rings. The van der Waals surface area contributed by atoms with Gasteiger partial charge in [0.1, 0.15) is 0 Å². The molecular formula is C142H87NS2. The molecule has 0 amide bonds. The first-order chi connectivity index (χ1) is 71.9.